The Bertz CT molecular complexity index is 213. The zero-order valence-corrected chi connectivity index (χ0v) is 5.98. The molecule has 0 unspecified atom stereocenters. The predicted octanol–water partition coefficient (Wildman–Crippen LogP) is 1.22. The lowest BCUT2D eigenvalue weighted by molar-refractivity contribution is 0.632. The highest BCUT2D eigenvalue weighted by Gasteiger charge is 2.15. The smallest absolute Gasteiger partial charge is 0.0342 e. The van der Waals surface area contributed by atoms with Crippen LogP contribution in [0.2, 0.25) is 0 Å². The molecule has 10 heavy (non-hydrogen) atoms. The van der Waals surface area contributed by atoms with Crippen molar-refractivity contribution in [3.05, 3.63) is 23.2 Å². The van der Waals surface area contributed by atoms with Gasteiger partial charge in [-0.1, -0.05) is 6.08 Å². The molecule has 2 heteroatoms. The van der Waals surface area contributed by atoms with Crippen LogP contribution in [0.4, 0.5) is 0 Å². The van der Waals surface area contributed by atoms with Gasteiger partial charge in [0, 0.05) is 23.5 Å². The summed E-state index contributed by atoms with van der Waals surface area (Å²) in [5.41, 5.74) is 9.43. The van der Waals surface area contributed by atoms with Gasteiger partial charge in [0.15, 0.2) is 0 Å². The normalized spacial score (nSPS) is 23.8. The minimum atomic E-state index is 0.956. The van der Waals surface area contributed by atoms with E-state index < -0.39 is 0 Å². The third-order valence-corrected chi connectivity index (χ3v) is 2.14. The van der Waals surface area contributed by atoms with Crippen LogP contribution in [-0.4, -0.2) is 0 Å². The van der Waals surface area contributed by atoms with Gasteiger partial charge >= 0.3 is 0 Å². The lowest BCUT2D eigenvalue weighted by Crippen LogP contribution is -2.25. The molecule has 2 rings (SSSR count). The van der Waals surface area contributed by atoms with Crippen molar-refractivity contribution in [1.82, 2.24) is 5.32 Å². The molecule has 2 heterocycles. The SMILES string of the molecule is NC1=C2CCCC(=CC1)N2. The summed E-state index contributed by atoms with van der Waals surface area (Å²) in [6.07, 6.45) is 6.75. The van der Waals surface area contributed by atoms with Gasteiger partial charge in [0.1, 0.15) is 0 Å². The van der Waals surface area contributed by atoms with Crippen LogP contribution in [0.5, 0.6) is 0 Å². The molecule has 0 aromatic rings. The van der Waals surface area contributed by atoms with E-state index in [1.165, 1.54) is 24.2 Å². The average Bonchev–Trinajstić information content (AvgIpc) is 1.99. The van der Waals surface area contributed by atoms with E-state index >= 15 is 0 Å². The van der Waals surface area contributed by atoms with Gasteiger partial charge in [-0.15, -0.1) is 0 Å². The zero-order chi connectivity index (χ0) is 6.97. The van der Waals surface area contributed by atoms with Gasteiger partial charge in [0.2, 0.25) is 0 Å². The molecule has 0 aromatic carbocycles. The number of nitrogens with two attached hydrogens (primary N) is 1. The molecule has 2 bridgehead atoms. The number of hydrogen-bond donors (Lipinski definition) is 2. The van der Waals surface area contributed by atoms with Crippen molar-refractivity contribution in [2.75, 3.05) is 0 Å². The standard InChI is InChI=1S/C8H12N2/c9-7-5-4-6-2-1-3-8(7)10-6/h4,10H,1-3,5,9H2. The monoisotopic (exact) mass is 136 g/mol. The van der Waals surface area contributed by atoms with E-state index in [1.54, 1.807) is 0 Å². The van der Waals surface area contributed by atoms with Crippen molar-refractivity contribution in [2.24, 2.45) is 5.73 Å². The van der Waals surface area contributed by atoms with E-state index in [2.05, 4.69) is 11.4 Å². The lowest BCUT2D eigenvalue weighted by Gasteiger charge is -2.25. The van der Waals surface area contributed by atoms with Crippen LogP contribution in [0, 0.1) is 0 Å². The first-order valence-corrected chi connectivity index (χ1v) is 3.80. The summed E-state index contributed by atoms with van der Waals surface area (Å²) in [6.45, 7) is 0. The van der Waals surface area contributed by atoms with Gasteiger partial charge in [0.25, 0.3) is 0 Å². The quantitative estimate of drug-likeness (QED) is 0.525. The average molecular weight is 136 g/mol. The number of dihydropyridines is 1. The Balaban J connectivity index is 2.27. The molecular weight excluding hydrogens is 124 g/mol. The molecule has 2 aliphatic rings. The van der Waals surface area contributed by atoms with Crippen LogP contribution in [0.25, 0.3) is 0 Å². The molecule has 2 nitrogen and oxygen atoms in total. The van der Waals surface area contributed by atoms with Crippen LogP contribution in [-0.2, 0) is 0 Å². The summed E-state index contributed by atoms with van der Waals surface area (Å²) in [4.78, 5) is 0. The van der Waals surface area contributed by atoms with Gasteiger partial charge in [-0.25, -0.2) is 0 Å². The van der Waals surface area contributed by atoms with E-state index in [-0.39, 0.29) is 0 Å². The Morgan fingerprint density at radius 3 is 3.10 bits per heavy atom. The summed E-state index contributed by atoms with van der Waals surface area (Å²) in [5.74, 6) is 0. The highest BCUT2D eigenvalue weighted by Crippen LogP contribution is 2.24. The van der Waals surface area contributed by atoms with Gasteiger partial charge in [-0.3, -0.25) is 0 Å². The molecule has 54 valence electrons. The number of hydrogen-bond acceptors (Lipinski definition) is 2. The van der Waals surface area contributed by atoms with Crippen LogP contribution in [0.3, 0.4) is 0 Å². The minimum Gasteiger partial charge on any atom is -0.400 e. The van der Waals surface area contributed by atoms with Crippen LogP contribution >= 0.6 is 0 Å². The first-order valence-electron chi connectivity index (χ1n) is 3.80. The number of piperidine rings is 1. The highest BCUT2D eigenvalue weighted by atomic mass is 14.9. The van der Waals surface area contributed by atoms with Gasteiger partial charge in [-0.2, -0.15) is 0 Å². The third kappa shape index (κ3) is 0.801. The van der Waals surface area contributed by atoms with Gasteiger partial charge < -0.3 is 11.1 Å². The maximum atomic E-state index is 5.76. The second kappa shape index (κ2) is 2.04. The summed E-state index contributed by atoms with van der Waals surface area (Å²) in [5, 5.41) is 3.32. The van der Waals surface area contributed by atoms with Gasteiger partial charge in [0.05, 0.1) is 0 Å². The Kier molecular flexibility index (Phi) is 1.19. The maximum absolute atomic E-state index is 5.76. The second-order valence-electron chi connectivity index (χ2n) is 2.92. The largest absolute Gasteiger partial charge is 0.400 e. The predicted molar refractivity (Wildman–Crippen MR) is 40.9 cm³/mol. The molecule has 3 N–H and O–H groups in total. The molecule has 0 spiro atoms. The van der Waals surface area contributed by atoms with E-state index in [0.717, 1.165) is 18.5 Å². The third-order valence-electron chi connectivity index (χ3n) is 2.14. The Morgan fingerprint density at radius 1 is 1.40 bits per heavy atom. The fourth-order valence-corrected chi connectivity index (χ4v) is 1.52. The van der Waals surface area contributed by atoms with E-state index in [0.29, 0.717) is 0 Å². The van der Waals surface area contributed by atoms with Crippen molar-refractivity contribution < 1.29 is 0 Å². The van der Waals surface area contributed by atoms with Crippen LogP contribution < -0.4 is 11.1 Å². The molecular formula is C8H12N2. The van der Waals surface area contributed by atoms with Crippen molar-refractivity contribution in [2.45, 2.75) is 25.7 Å². The topological polar surface area (TPSA) is 38.0 Å². The highest BCUT2D eigenvalue weighted by molar-refractivity contribution is 5.26. The molecule has 0 amide bonds. The lowest BCUT2D eigenvalue weighted by atomic mass is 9.99. The first-order chi connectivity index (χ1) is 4.86. The van der Waals surface area contributed by atoms with Crippen molar-refractivity contribution in [1.29, 1.82) is 0 Å². The molecule has 0 atom stereocenters. The van der Waals surface area contributed by atoms with Crippen molar-refractivity contribution >= 4 is 0 Å². The fraction of sp³-hybridized carbons (Fsp3) is 0.500. The first kappa shape index (κ1) is 5.83. The van der Waals surface area contributed by atoms with Gasteiger partial charge in [-0.05, 0) is 19.3 Å². The summed E-state index contributed by atoms with van der Waals surface area (Å²) >= 11 is 0. The Labute approximate surface area is 60.8 Å². The summed E-state index contributed by atoms with van der Waals surface area (Å²) in [7, 11) is 0. The number of fused-ring (bicyclic) bond motifs is 2. The van der Waals surface area contributed by atoms with Crippen molar-refractivity contribution in [3.8, 4) is 0 Å². The molecule has 2 aliphatic heterocycles. The number of nitrogens with one attached hydrogen (secondary N) is 1. The van der Waals surface area contributed by atoms with E-state index in [4.69, 9.17) is 5.73 Å². The van der Waals surface area contributed by atoms with Crippen molar-refractivity contribution in [3.63, 3.8) is 0 Å². The molecule has 1 saturated heterocycles. The Morgan fingerprint density at radius 2 is 2.30 bits per heavy atom. The van der Waals surface area contributed by atoms with E-state index in [1.807, 2.05) is 0 Å². The van der Waals surface area contributed by atoms with E-state index in [9.17, 15) is 0 Å². The molecule has 0 radical (unpaired) electrons. The molecule has 0 saturated carbocycles. The maximum Gasteiger partial charge on any atom is 0.0342 e. The Hall–Kier alpha value is -0.920. The number of allylic oxidation sites excluding steroid dienone is 3. The zero-order valence-electron chi connectivity index (χ0n) is 5.98. The second-order valence-corrected chi connectivity index (χ2v) is 2.92. The van der Waals surface area contributed by atoms with Crippen LogP contribution in [0.1, 0.15) is 25.7 Å². The summed E-state index contributed by atoms with van der Waals surface area (Å²) in [6, 6.07) is 0. The molecule has 0 aromatic heterocycles. The minimum absolute atomic E-state index is 0.956. The molecule has 1 fully saturated rings. The fourth-order valence-electron chi connectivity index (χ4n) is 1.52. The van der Waals surface area contributed by atoms with Crippen LogP contribution in [0.15, 0.2) is 23.2 Å². The molecule has 0 aliphatic carbocycles. The summed E-state index contributed by atoms with van der Waals surface area (Å²) < 4.78 is 0. The number of rotatable bonds is 0.